The number of Topliss-reactive ketones (excluding diaryl/α,β-unsaturated/α-hetero) is 1. The fraction of sp³-hybridized carbons (Fsp3) is 0.174. The van der Waals surface area contributed by atoms with Crippen LogP contribution in [0.15, 0.2) is 66.9 Å². The van der Waals surface area contributed by atoms with E-state index in [-0.39, 0.29) is 18.1 Å². The Hall–Kier alpha value is -3.67. The van der Waals surface area contributed by atoms with Gasteiger partial charge in [0.2, 0.25) is 0 Å². The summed E-state index contributed by atoms with van der Waals surface area (Å²) in [4.78, 5) is 25.1. The number of fused-ring (bicyclic) bond motifs is 3. The van der Waals surface area contributed by atoms with Gasteiger partial charge in [-0.1, -0.05) is 30.3 Å². The van der Waals surface area contributed by atoms with Crippen LogP contribution in [0.1, 0.15) is 33.0 Å². The van der Waals surface area contributed by atoms with E-state index in [2.05, 4.69) is 10.4 Å². The molecule has 4 aromatic rings. The molecular weight excluding hydrogens is 364 g/mol. The Bertz CT molecular complexity index is 1220. The van der Waals surface area contributed by atoms with Crippen molar-refractivity contribution in [1.29, 1.82) is 0 Å². The van der Waals surface area contributed by atoms with Gasteiger partial charge in [-0.3, -0.25) is 9.59 Å². The highest BCUT2D eigenvalue weighted by molar-refractivity contribution is 6.03. The maximum absolute atomic E-state index is 12.9. The second-order valence-electron chi connectivity index (χ2n) is 7.25. The molecule has 1 amide bonds. The van der Waals surface area contributed by atoms with Crippen LogP contribution in [0.3, 0.4) is 0 Å². The zero-order valence-corrected chi connectivity index (χ0v) is 15.8. The lowest BCUT2D eigenvalue weighted by atomic mass is 10.1. The van der Waals surface area contributed by atoms with Gasteiger partial charge in [0.1, 0.15) is 5.69 Å². The first-order valence-corrected chi connectivity index (χ1v) is 9.74. The van der Waals surface area contributed by atoms with Crippen LogP contribution in [0.4, 0.5) is 0 Å². The SMILES string of the molecule is O=C(Cc1ccn(-c2ccccc2)n1)c1ccc2cc3n(c2c1)CCCNC3=O. The van der Waals surface area contributed by atoms with Gasteiger partial charge in [-0.15, -0.1) is 0 Å². The largest absolute Gasteiger partial charge is 0.351 e. The van der Waals surface area contributed by atoms with E-state index >= 15 is 0 Å². The number of hydrogen-bond donors (Lipinski definition) is 1. The van der Waals surface area contributed by atoms with Crippen LogP contribution in [0.2, 0.25) is 0 Å². The van der Waals surface area contributed by atoms with Crippen LogP contribution in [0, 0.1) is 0 Å². The molecule has 0 fully saturated rings. The minimum absolute atomic E-state index is 0.0128. The summed E-state index contributed by atoms with van der Waals surface area (Å²) in [5, 5.41) is 8.41. The average molecular weight is 384 g/mol. The second kappa shape index (κ2) is 7.05. The zero-order valence-electron chi connectivity index (χ0n) is 15.8. The van der Waals surface area contributed by atoms with Crippen LogP contribution in [-0.2, 0) is 13.0 Å². The summed E-state index contributed by atoms with van der Waals surface area (Å²) in [7, 11) is 0. The standard InChI is InChI=1S/C23H20N4O2/c28-22(15-18-9-12-27(25-18)19-5-2-1-3-6-19)17-8-7-16-13-21-23(29)24-10-4-11-26(21)20(16)14-17/h1-3,5-9,12-14H,4,10-11,15H2,(H,24,29). The number of para-hydroxylation sites is 1. The molecule has 2 aromatic carbocycles. The van der Waals surface area contributed by atoms with Crippen LogP contribution >= 0.6 is 0 Å². The van der Waals surface area contributed by atoms with Gasteiger partial charge in [-0.05, 0) is 36.8 Å². The molecule has 0 aliphatic carbocycles. The van der Waals surface area contributed by atoms with Crippen LogP contribution in [-0.4, -0.2) is 32.6 Å². The highest BCUT2D eigenvalue weighted by Gasteiger charge is 2.19. The Labute approximate surface area is 167 Å². The van der Waals surface area contributed by atoms with Crippen molar-refractivity contribution < 1.29 is 9.59 Å². The van der Waals surface area contributed by atoms with Crippen LogP contribution in [0.5, 0.6) is 0 Å². The molecule has 0 spiro atoms. The monoisotopic (exact) mass is 384 g/mol. The number of amides is 1. The number of carbonyl (C=O) groups is 2. The van der Waals surface area contributed by atoms with Gasteiger partial charge < -0.3 is 9.88 Å². The molecule has 5 rings (SSSR count). The molecule has 2 aromatic heterocycles. The summed E-state index contributed by atoms with van der Waals surface area (Å²) in [5.41, 5.74) is 3.91. The summed E-state index contributed by atoms with van der Waals surface area (Å²) in [6, 6.07) is 19.2. The molecule has 3 heterocycles. The molecule has 0 radical (unpaired) electrons. The fourth-order valence-corrected chi connectivity index (χ4v) is 3.83. The topological polar surface area (TPSA) is 68.9 Å². The van der Waals surface area contributed by atoms with E-state index in [4.69, 9.17) is 0 Å². The number of nitrogens with one attached hydrogen (secondary N) is 1. The number of aromatic nitrogens is 3. The molecule has 0 atom stereocenters. The van der Waals surface area contributed by atoms with E-state index in [1.165, 1.54) is 0 Å². The Morgan fingerprint density at radius 2 is 1.93 bits per heavy atom. The molecule has 1 aliphatic rings. The minimum Gasteiger partial charge on any atom is -0.351 e. The fourth-order valence-electron chi connectivity index (χ4n) is 3.83. The van der Waals surface area contributed by atoms with Crippen molar-refractivity contribution in [3.05, 3.63) is 83.8 Å². The van der Waals surface area contributed by atoms with Crippen molar-refractivity contribution in [2.75, 3.05) is 6.54 Å². The summed E-state index contributed by atoms with van der Waals surface area (Å²) < 4.78 is 3.79. The first kappa shape index (κ1) is 17.4. The van der Waals surface area contributed by atoms with Crippen LogP contribution < -0.4 is 5.32 Å². The Kier molecular flexibility index (Phi) is 4.24. The maximum Gasteiger partial charge on any atom is 0.267 e. The average Bonchev–Trinajstić information content (AvgIpc) is 3.31. The molecule has 1 aliphatic heterocycles. The number of benzene rings is 2. The van der Waals surface area contributed by atoms with Crippen molar-refractivity contribution in [3.63, 3.8) is 0 Å². The molecule has 29 heavy (non-hydrogen) atoms. The summed E-state index contributed by atoms with van der Waals surface area (Å²) >= 11 is 0. The molecule has 6 nitrogen and oxygen atoms in total. The van der Waals surface area contributed by atoms with Crippen molar-refractivity contribution in [1.82, 2.24) is 19.7 Å². The van der Waals surface area contributed by atoms with Gasteiger partial charge in [0.05, 0.1) is 17.8 Å². The van der Waals surface area contributed by atoms with Gasteiger partial charge in [0.25, 0.3) is 5.91 Å². The van der Waals surface area contributed by atoms with Gasteiger partial charge in [0, 0.05) is 35.8 Å². The van der Waals surface area contributed by atoms with E-state index in [9.17, 15) is 9.59 Å². The van der Waals surface area contributed by atoms with Crippen molar-refractivity contribution >= 4 is 22.6 Å². The highest BCUT2D eigenvalue weighted by atomic mass is 16.2. The third-order valence-corrected chi connectivity index (χ3v) is 5.31. The smallest absolute Gasteiger partial charge is 0.267 e. The predicted octanol–water partition coefficient (Wildman–Crippen LogP) is 3.39. The van der Waals surface area contributed by atoms with Crippen molar-refractivity contribution in [2.45, 2.75) is 19.4 Å². The first-order chi connectivity index (χ1) is 14.2. The Morgan fingerprint density at radius 1 is 1.07 bits per heavy atom. The quantitative estimate of drug-likeness (QED) is 0.549. The molecule has 0 unspecified atom stereocenters. The van der Waals surface area contributed by atoms with Gasteiger partial charge in [-0.2, -0.15) is 5.10 Å². The Morgan fingerprint density at radius 3 is 2.79 bits per heavy atom. The normalized spacial score (nSPS) is 13.7. The van der Waals surface area contributed by atoms with Crippen molar-refractivity contribution in [2.24, 2.45) is 0 Å². The number of nitrogens with zero attached hydrogens (tertiary/aromatic N) is 3. The third kappa shape index (κ3) is 3.23. The molecular formula is C23H20N4O2. The van der Waals surface area contributed by atoms with Crippen molar-refractivity contribution in [3.8, 4) is 5.69 Å². The molecule has 0 saturated heterocycles. The minimum atomic E-state index is -0.0574. The lowest BCUT2D eigenvalue weighted by Crippen LogP contribution is -2.22. The van der Waals surface area contributed by atoms with Gasteiger partial charge in [0.15, 0.2) is 5.78 Å². The van der Waals surface area contributed by atoms with Gasteiger partial charge in [-0.25, -0.2) is 4.68 Å². The van der Waals surface area contributed by atoms with E-state index in [1.807, 2.05) is 71.4 Å². The summed E-state index contributed by atoms with van der Waals surface area (Å²) in [5.74, 6) is -0.0446. The highest BCUT2D eigenvalue weighted by Crippen LogP contribution is 2.24. The molecule has 144 valence electrons. The van der Waals surface area contributed by atoms with Crippen LogP contribution in [0.25, 0.3) is 16.6 Å². The number of aryl methyl sites for hydroxylation is 1. The first-order valence-electron chi connectivity index (χ1n) is 9.74. The second-order valence-corrected chi connectivity index (χ2v) is 7.25. The lowest BCUT2D eigenvalue weighted by molar-refractivity contribution is 0.0950. The summed E-state index contributed by atoms with van der Waals surface area (Å²) in [6.07, 6.45) is 2.98. The molecule has 0 saturated carbocycles. The number of hydrogen-bond acceptors (Lipinski definition) is 3. The molecule has 1 N–H and O–H groups in total. The number of ketones is 1. The lowest BCUT2D eigenvalue weighted by Gasteiger charge is -2.06. The third-order valence-electron chi connectivity index (χ3n) is 5.31. The van der Waals surface area contributed by atoms with E-state index in [0.717, 1.165) is 35.2 Å². The molecule has 6 heteroatoms. The van der Waals surface area contributed by atoms with E-state index in [0.29, 0.717) is 17.8 Å². The van der Waals surface area contributed by atoms with Gasteiger partial charge >= 0.3 is 0 Å². The number of rotatable bonds is 4. The maximum atomic E-state index is 12.9. The zero-order chi connectivity index (χ0) is 19.8. The van der Waals surface area contributed by atoms with E-state index in [1.54, 1.807) is 4.68 Å². The molecule has 0 bridgehead atoms. The summed E-state index contributed by atoms with van der Waals surface area (Å²) in [6.45, 7) is 1.43. The van der Waals surface area contributed by atoms with E-state index < -0.39 is 0 Å². The Balaban J connectivity index is 1.42. The number of carbonyl (C=O) groups excluding carboxylic acids is 2. The predicted molar refractivity (Wildman–Crippen MR) is 110 cm³/mol.